The summed E-state index contributed by atoms with van der Waals surface area (Å²) in [5.74, 6) is 0.729. The van der Waals surface area contributed by atoms with Crippen LogP contribution in [0.2, 0.25) is 0 Å². The molecule has 1 heterocycles. The van der Waals surface area contributed by atoms with Gasteiger partial charge in [0.1, 0.15) is 0 Å². The number of hydrogen-bond donors (Lipinski definition) is 2. The fraction of sp³-hybridized carbons (Fsp3) is 1.00. The van der Waals surface area contributed by atoms with Gasteiger partial charge in [0.05, 0.1) is 0 Å². The molecule has 0 aromatic rings. The molecule has 0 aromatic heterocycles. The minimum Gasteiger partial charge on any atom is -0.396 e. The molecular formula is C14H28N2O. The van der Waals surface area contributed by atoms with Crippen LogP contribution in [0.1, 0.15) is 39.5 Å². The van der Waals surface area contributed by atoms with E-state index >= 15 is 0 Å². The zero-order valence-corrected chi connectivity index (χ0v) is 11.4. The molecule has 2 aliphatic rings. The number of aliphatic hydroxyl groups is 1. The Balaban J connectivity index is 1.68. The smallest absolute Gasteiger partial charge is 0.0434 e. The zero-order chi connectivity index (χ0) is 12.3. The Bertz CT molecular complexity index is 238. The molecule has 3 nitrogen and oxygen atoms in total. The standard InChI is InChI=1S/C14H28N2O/c1-14(2,10-15-13-3-4-13)11-16-7-5-12(9-16)6-8-17/h12-13,15,17H,3-11H2,1-2H3. The molecule has 3 heteroatoms. The normalized spacial score (nSPS) is 26.6. The number of hydrogen-bond acceptors (Lipinski definition) is 3. The Morgan fingerprint density at radius 1 is 1.29 bits per heavy atom. The molecule has 17 heavy (non-hydrogen) atoms. The third-order valence-corrected chi connectivity index (χ3v) is 4.01. The van der Waals surface area contributed by atoms with Gasteiger partial charge in [-0.15, -0.1) is 0 Å². The van der Waals surface area contributed by atoms with Crippen LogP contribution in [0.25, 0.3) is 0 Å². The van der Waals surface area contributed by atoms with Crippen molar-refractivity contribution in [1.29, 1.82) is 0 Å². The highest BCUT2D eigenvalue weighted by Gasteiger charge is 2.29. The van der Waals surface area contributed by atoms with Crippen molar-refractivity contribution in [2.45, 2.75) is 45.6 Å². The summed E-state index contributed by atoms with van der Waals surface area (Å²) in [6.45, 7) is 9.81. The highest BCUT2D eigenvalue weighted by Crippen LogP contribution is 2.26. The lowest BCUT2D eigenvalue weighted by Gasteiger charge is -2.30. The van der Waals surface area contributed by atoms with Gasteiger partial charge in [-0.05, 0) is 43.6 Å². The first-order chi connectivity index (χ1) is 8.09. The van der Waals surface area contributed by atoms with E-state index in [-0.39, 0.29) is 0 Å². The van der Waals surface area contributed by atoms with Gasteiger partial charge >= 0.3 is 0 Å². The first kappa shape index (κ1) is 13.3. The van der Waals surface area contributed by atoms with E-state index in [9.17, 15) is 0 Å². The van der Waals surface area contributed by atoms with Crippen molar-refractivity contribution in [2.24, 2.45) is 11.3 Å². The first-order valence-electron chi connectivity index (χ1n) is 7.16. The van der Waals surface area contributed by atoms with Gasteiger partial charge in [-0.25, -0.2) is 0 Å². The lowest BCUT2D eigenvalue weighted by Crippen LogP contribution is -2.40. The molecule has 2 fully saturated rings. The minimum absolute atomic E-state index is 0.352. The molecule has 1 unspecified atom stereocenters. The van der Waals surface area contributed by atoms with Crippen LogP contribution < -0.4 is 5.32 Å². The molecule has 1 aliphatic heterocycles. The summed E-state index contributed by atoms with van der Waals surface area (Å²) in [5, 5.41) is 12.6. The Hall–Kier alpha value is -0.120. The van der Waals surface area contributed by atoms with Crippen LogP contribution in [0, 0.1) is 11.3 Å². The Labute approximate surface area is 106 Å². The second-order valence-electron chi connectivity index (χ2n) is 6.72. The lowest BCUT2D eigenvalue weighted by molar-refractivity contribution is 0.192. The van der Waals surface area contributed by atoms with Crippen LogP contribution in [0.15, 0.2) is 0 Å². The number of nitrogens with one attached hydrogen (secondary N) is 1. The van der Waals surface area contributed by atoms with Gasteiger partial charge in [-0.3, -0.25) is 0 Å². The van der Waals surface area contributed by atoms with E-state index < -0.39 is 0 Å². The first-order valence-corrected chi connectivity index (χ1v) is 7.16. The van der Waals surface area contributed by atoms with Crippen molar-refractivity contribution in [1.82, 2.24) is 10.2 Å². The Morgan fingerprint density at radius 3 is 2.71 bits per heavy atom. The summed E-state index contributed by atoms with van der Waals surface area (Å²) in [6, 6.07) is 0.815. The zero-order valence-electron chi connectivity index (χ0n) is 11.4. The van der Waals surface area contributed by atoms with E-state index in [1.54, 1.807) is 0 Å². The van der Waals surface area contributed by atoms with Gasteiger partial charge in [-0.2, -0.15) is 0 Å². The van der Waals surface area contributed by atoms with Crippen molar-refractivity contribution in [3.05, 3.63) is 0 Å². The predicted octanol–water partition coefficient (Wildman–Crippen LogP) is 1.47. The molecule has 1 saturated carbocycles. The molecular weight excluding hydrogens is 212 g/mol. The molecule has 0 aromatic carbocycles. The van der Waals surface area contributed by atoms with Gasteiger partial charge in [0, 0.05) is 32.3 Å². The maximum Gasteiger partial charge on any atom is 0.0434 e. The van der Waals surface area contributed by atoms with Crippen LogP contribution >= 0.6 is 0 Å². The van der Waals surface area contributed by atoms with Gasteiger partial charge < -0.3 is 15.3 Å². The second-order valence-corrected chi connectivity index (χ2v) is 6.72. The third kappa shape index (κ3) is 4.57. The molecule has 1 atom stereocenters. The SMILES string of the molecule is CC(C)(CNC1CC1)CN1CCC(CCO)C1. The summed E-state index contributed by atoms with van der Waals surface area (Å²) >= 11 is 0. The number of nitrogens with zero attached hydrogens (tertiary/aromatic N) is 1. The maximum atomic E-state index is 8.97. The average molecular weight is 240 g/mol. The molecule has 2 N–H and O–H groups in total. The number of aliphatic hydroxyl groups excluding tert-OH is 1. The molecule has 2 rings (SSSR count). The molecule has 0 bridgehead atoms. The monoisotopic (exact) mass is 240 g/mol. The summed E-state index contributed by atoms with van der Waals surface area (Å²) in [7, 11) is 0. The van der Waals surface area contributed by atoms with Crippen molar-refractivity contribution < 1.29 is 5.11 Å². The largest absolute Gasteiger partial charge is 0.396 e. The molecule has 100 valence electrons. The molecule has 0 radical (unpaired) electrons. The van der Waals surface area contributed by atoms with Crippen molar-refractivity contribution >= 4 is 0 Å². The molecule has 0 amide bonds. The predicted molar refractivity (Wildman–Crippen MR) is 71.1 cm³/mol. The maximum absolute atomic E-state index is 8.97. The van der Waals surface area contributed by atoms with E-state index in [2.05, 4.69) is 24.1 Å². The van der Waals surface area contributed by atoms with E-state index in [1.165, 1.54) is 38.9 Å². The number of rotatable bonds is 7. The molecule has 0 spiro atoms. The van der Waals surface area contributed by atoms with E-state index in [4.69, 9.17) is 5.11 Å². The molecule has 1 saturated heterocycles. The van der Waals surface area contributed by atoms with Crippen molar-refractivity contribution in [3.63, 3.8) is 0 Å². The van der Waals surface area contributed by atoms with Crippen molar-refractivity contribution in [2.75, 3.05) is 32.8 Å². The Kier molecular flexibility index (Phi) is 4.45. The highest BCUT2D eigenvalue weighted by atomic mass is 16.3. The van der Waals surface area contributed by atoms with Crippen molar-refractivity contribution in [3.8, 4) is 0 Å². The second kappa shape index (κ2) is 5.68. The van der Waals surface area contributed by atoms with Crippen LogP contribution in [0.3, 0.4) is 0 Å². The van der Waals surface area contributed by atoms with Crippen LogP contribution in [0.5, 0.6) is 0 Å². The topological polar surface area (TPSA) is 35.5 Å². The third-order valence-electron chi connectivity index (χ3n) is 4.01. The lowest BCUT2D eigenvalue weighted by atomic mass is 9.92. The highest BCUT2D eigenvalue weighted by molar-refractivity contribution is 4.86. The quantitative estimate of drug-likeness (QED) is 0.707. The summed E-state index contributed by atoms with van der Waals surface area (Å²) in [4.78, 5) is 2.58. The van der Waals surface area contributed by atoms with Gasteiger partial charge in [-0.1, -0.05) is 13.8 Å². The van der Waals surface area contributed by atoms with Crippen LogP contribution in [-0.4, -0.2) is 48.8 Å². The van der Waals surface area contributed by atoms with E-state index in [0.29, 0.717) is 12.0 Å². The van der Waals surface area contributed by atoms with Crippen LogP contribution in [0.4, 0.5) is 0 Å². The molecule has 1 aliphatic carbocycles. The van der Waals surface area contributed by atoms with Gasteiger partial charge in [0.15, 0.2) is 0 Å². The van der Waals surface area contributed by atoms with Gasteiger partial charge in [0.2, 0.25) is 0 Å². The minimum atomic E-state index is 0.352. The van der Waals surface area contributed by atoms with Gasteiger partial charge in [0.25, 0.3) is 0 Å². The summed E-state index contributed by atoms with van der Waals surface area (Å²) in [6.07, 6.45) is 5.00. The van der Waals surface area contributed by atoms with E-state index in [0.717, 1.165) is 24.9 Å². The van der Waals surface area contributed by atoms with Crippen LogP contribution in [-0.2, 0) is 0 Å². The fourth-order valence-electron chi connectivity index (χ4n) is 2.84. The van der Waals surface area contributed by atoms with E-state index in [1.807, 2.05) is 0 Å². The Morgan fingerprint density at radius 2 is 2.06 bits per heavy atom. The average Bonchev–Trinajstić information content (AvgIpc) is 2.99. The summed E-state index contributed by atoms with van der Waals surface area (Å²) < 4.78 is 0. The summed E-state index contributed by atoms with van der Waals surface area (Å²) in [5.41, 5.74) is 0.372. The fourth-order valence-corrected chi connectivity index (χ4v) is 2.84. The number of likely N-dealkylation sites (tertiary alicyclic amines) is 1.